The van der Waals surface area contributed by atoms with Crippen LogP contribution < -0.4 is 5.32 Å². The molecule has 1 nitrogen and oxygen atoms in total. The van der Waals surface area contributed by atoms with Crippen LogP contribution in [-0.4, -0.2) is 13.1 Å². The zero-order chi connectivity index (χ0) is 14.2. The summed E-state index contributed by atoms with van der Waals surface area (Å²) >= 11 is 0. The van der Waals surface area contributed by atoms with E-state index < -0.39 is 17.0 Å². The Bertz CT molecular complexity index is 615. The van der Waals surface area contributed by atoms with Crippen molar-refractivity contribution in [3.05, 3.63) is 71.0 Å². The number of hydrogen-bond acceptors (Lipinski definition) is 1. The molecule has 0 spiro atoms. The van der Waals surface area contributed by atoms with Gasteiger partial charge >= 0.3 is 0 Å². The van der Waals surface area contributed by atoms with Gasteiger partial charge in [0, 0.05) is 24.6 Å². The number of rotatable bonds is 3. The maximum atomic E-state index is 14.0. The summed E-state index contributed by atoms with van der Waals surface area (Å²) in [5, 5.41) is 3.12. The summed E-state index contributed by atoms with van der Waals surface area (Å²) in [6, 6.07) is 10.0. The molecule has 0 amide bonds. The van der Waals surface area contributed by atoms with Crippen molar-refractivity contribution in [2.45, 2.75) is 11.8 Å². The molecule has 1 saturated heterocycles. The van der Waals surface area contributed by atoms with Gasteiger partial charge in [-0.1, -0.05) is 18.2 Å². The van der Waals surface area contributed by atoms with Crippen LogP contribution in [0.3, 0.4) is 0 Å². The Balaban J connectivity index is 1.96. The highest BCUT2D eigenvalue weighted by atomic mass is 19.1. The van der Waals surface area contributed by atoms with Crippen LogP contribution in [-0.2, 0) is 11.8 Å². The molecule has 1 heterocycles. The van der Waals surface area contributed by atoms with E-state index in [1.165, 1.54) is 18.2 Å². The maximum absolute atomic E-state index is 14.0. The number of benzene rings is 2. The van der Waals surface area contributed by atoms with E-state index >= 15 is 0 Å². The largest absolute Gasteiger partial charge is 0.315 e. The van der Waals surface area contributed by atoms with Gasteiger partial charge in [-0.25, -0.2) is 13.2 Å². The first-order valence-corrected chi connectivity index (χ1v) is 6.50. The summed E-state index contributed by atoms with van der Waals surface area (Å²) in [6.07, 6.45) is 0.412. The van der Waals surface area contributed by atoms with Crippen LogP contribution in [0, 0.1) is 17.5 Å². The van der Waals surface area contributed by atoms with E-state index in [1.54, 1.807) is 18.2 Å². The molecule has 1 N–H and O–H groups in total. The predicted octanol–water partition coefficient (Wildman–Crippen LogP) is 3.19. The standard InChI is InChI=1S/C16H14F3N/c17-12-5-11(6-13(18)7-12)8-16(9-20-10-16)14-3-1-2-4-15(14)19/h1-7,20H,8-10H2. The van der Waals surface area contributed by atoms with Gasteiger partial charge in [0.1, 0.15) is 17.5 Å². The molecular weight excluding hydrogens is 263 g/mol. The molecule has 0 radical (unpaired) electrons. The van der Waals surface area contributed by atoms with Gasteiger partial charge in [-0.3, -0.25) is 0 Å². The Morgan fingerprint density at radius 1 is 0.950 bits per heavy atom. The van der Waals surface area contributed by atoms with Crippen molar-refractivity contribution in [1.82, 2.24) is 5.32 Å². The molecule has 0 aromatic heterocycles. The lowest BCUT2D eigenvalue weighted by molar-refractivity contribution is 0.265. The van der Waals surface area contributed by atoms with E-state index in [0.29, 0.717) is 30.6 Å². The van der Waals surface area contributed by atoms with Gasteiger partial charge in [0.2, 0.25) is 0 Å². The molecule has 2 aromatic carbocycles. The van der Waals surface area contributed by atoms with Gasteiger partial charge in [-0.05, 0) is 35.7 Å². The molecule has 1 fully saturated rings. The van der Waals surface area contributed by atoms with Crippen molar-refractivity contribution < 1.29 is 13.2 Å². The SMILES string of the molecule is Fc1cc(F)cc(CC2(c3ccccc3F)CNC2)c1. The van der Waals surface area contributed by atoms with Crippen molar-refractivity contribution in [1.29, 1.82) is 0 Å². The first-order chi connectivity index (χ1) is 9.59. The van der Waals surface area contributed by atoms with Gasteiger partial charge in [0.25, 0.3) is 0 Å². The van der Waals surface area contributed by atoms with Crippen LogP contribution in [0.25, 0.3) is 0 Å². The second-order valence-corrected chi connectivity index (χ2v) is 5.32. The molecule has 1 aliphatic rings. The van der Waals surface area contributed by atoms with Crippen molar-refractivity contribution in [3.8, 4) is 0 Å². The smallest absolute Gasteiger partial charge is 0.127 e. The quantitative estimate of drug-likeness (QED) is 0.908. The van der Waals surface area contributed by atoms with Crippen LogP contribution in [0.2, 0.25) is 0 Å². The third-order valence-corrected chi connectivity index (χ3v) is 3.84. The predicted molar refractivity (Wildman–Crippen MR) is 71.0 cm³/mol. The first kappa shape index (κ1) is 13.2. The molecule has 0 unspecified atom stereocenters. The van der Waals surface area contributed by atoms with E-state index in [1.807, 2.05) is 0 Å². The van der Waals surface area contributed by atoms with Gasteiger partial charge < -0.3 is 5.32 Å². The lowest BCUT2D eigenvalue weighted by Gasteiger charge is -2.43. The first-order valence-electron chi connectivity index (χ1n) is 6.50. The van der Waals surface area contributed by atoms with Gasteiger partial charge in [0.05, 0.1) is 0 Å². The summed E-state index contributed by atoms with van der Waals surface area (Å²) < 4.78 is 40.5. The maximum Gasteiger partial charge on any atom is 0.127 e. The van der Waals surface area contributed by atoms with Crippen molar-refractivity contribution >= 4 is 0 Å². The monoisotopic (exact) mass is 277 g/mol. The van der Waals surface area contributed by atoms with E-state index in [2.05, 4.69) is 5.32 Å². The highest BCUT2D eigenvalue weighted by molar-refractivity contribution is 5.35. The fraction of sp³-hybridized carbons (Fsp3) is 0.250. The molecule has 0 saturated carbocycles. The average Bonchev–Trinajstić information content (AvgIpc) is 2.34. The average molecular weight is 277 g/mol. The second-order valence-electron chi connectivity index (χ2n) is 5.32. The minimum Gasteiger partial charge on any atom is -0.315 e. The van der Waals surface area contributed by atoms with Crippen LogP contribution in [0.15, 0.2) is 42.5 Å². The minimum absolute atomic E-state index is 0.272. The van der Waals surface area contributed by atoms with Crippen LogP contribution in [0.5, 0.6) is 0 Å². The topological polar surface area (TPSA) is 12.0 Å². The molecule has 104 valence electrons. The Kier molecular flexibility index (Phi) is 3.26. The molecule has 1 aliphatic heterocycles. The van der Waals surface area contributed by atoms with E-state index in [4.69, 9.17) is 0 Å². The number of nitrogens with one attached hydrogen (secondary N) is 1. The van der Waals surface area contributed by atoms with Crippen molar-refractivity contribution in [2.24, 2.45) is 0 Å². The third-order valence-electron chi connectivity index (χ3n) is 3.84. The van der Waals surface area contributed by atoms with Crippen LogP contribution in [0.1, 0.15) is 11.1 Å². The lowest BCUT2D eigenvalue weighted by Crippen LogP contribution is -2.58. The summed E-state index contributed by atoms with van der Waals surface area (Å²) in [4.78, 5) is 0. The molecule has 4 heteroatoms. The zero-order valence-corrected chi connectivity index (χ0v) is 10.8. The summed E-state index contributed by atoms with van der Waals surface area (Å²) in [6.45, 7) is 1.21. The van der Waals surface area contributed by atoms with Gasteiger partial charge in [-0.2, -0.15) is 0 Å². The van der Waals surface area contributed by atoms with E-state index in [-0.39, 0.29) is 5.82 Å². The van der Waals surface area contributed by atoms with Crippen molar-refractivity contribution in [2.75, 3.05) is 13.1 Å². The van der Waals surface area contributed by atoms with Gasteiger partial charge in [-0.15, -0.1) is 0 Å². The van der Waals surface area contributed by atoms with Crippen LogP contribution in [0.4, 0.5) is 13.2 Å². The molecule has 0 aliphatic carbocycles. The minimum atomic E-state index is -0.601. The lowest BCUT2D eigenvalue weighted by atomic mass is 9.71. The third kappa shape index (κ3) is 2.31. The van der Waals surface area contributed by atoms with Crippen molar-refractivity contribution in [3.63, 3.8) is 0 Å². The highest BCUT2D eigenvalue weighted by Crippen LogP contribution is 2.34. The normalized spacial score (nSPS) is 16.8. The molecule has 0 bridgehead atoms. The number of hydrogen-bond donors (Lipinski definition) is 1. The Morgan fingerprint density at radius 2 is 1.60 bits per heavy atom. The Hall–Kier alpha value is -1.81. The molecule has 0 atom stereocenters. The molecule has 20 heavy (non-hydrogen) atoms. The molecular formula is C16H14F3N. The van der Waals surface area contributed by atoms with E-state index in [0.717, 1.165) is 6.07 Å². The van der Waals surface area contributed by atoms with Crippen LogP contribution >= 0.6 is 0 Å². The van der Waals surface area contributed by atoms with E-state index in [9.17, 15) is 13.2 Å². The summed E-state index contributed by atoms with van der Waals surface area (Å²) in [7, 11) is 0. The second kappa shape index (κ2) is 4.94. The fourth-order valence-electron chi connectivity index (χ4n) is 2.83. The highest BCUT2D eigenvalue weighted by Gasteiger charge is 2.40. The Labute approximate surface area is 115 Å². The summed E-state index contributed by atoms with van der Waals surface area (Å²) in [5.74, 6) is -1.47. The van der Waals surface area contributed by atoms with Gasteiger partial charge in [0.15, 0.2) is 0 Å². The Morgan fingerprint density at radius 3 is 2.15 bits per heavy atom. The molecule has 3 rings (SSSR count). The zero-order valence-electron chi connectivity index (χ0n) is 10.8. The number of halogens is 3. The molecule has 2 aromatic rings. The fourth-order valence-corrected chi connectivity index (χ4v) is 2.83. The summed E-state index contributed by atoms with van der Waals surface area (Å²) in [5.41, 5.74) is 0.724.